The summed E-state index contributed by atoms with van der Waals surface area (Å²) in [6.07, 6.45) is -1.26. The van der Waals surface area contributed by atoms with Crippen LogP contribution < -0.4 is 11.3 Å². The summed E-state index contributed by atoms with van der Waals surface area (Å²) < 4.78 is 27.7. The van der Waals surface area contributed by atoms with Crippen LogP contribution in [0.5, 0.6) is 0 Å². The molecule has 2 aromatic heterocycles. The molecule has 5 aromatic rings. The summed E-state index contributed by atoms with van der Waals surface area (Å²) in [6.45, 7) is 2.46. The van der Waals surface area contributed by atoms with Crippen molar-refractivity contribution in [2.24, 2.45) is 0 Å². The molecule has 4 N–H and O–H groups in total. The zero-order chi connectivity index (χ0) is 29.7. The fourth-order valence-corrected chi connectivity index (χ4v) is 6.20. The number of nitrogens with one attached hydrogen (secondary N) is 1. The number of H-pyrrole nitrogens is 1. The SMILES string of the molecule is C[C@]1(OCc2ccccc2)[C@](O)(c2ccc3c(=O)[nH]c(N)nn23)O[C@@H]2C(OCc3ccccc3)[C@@]21OCc1ccccc1. The van der Waals surface area contributed by atoms with Crippen LogP contribution in [-0.2, 0) is 44.6 Å². The van der Waals surface area contributed by atoms with Gasteiger partial charge in [0.05, 0.1) is 19.8 Å². The smallest absolute Gasteiger partial charge is 0.276 e. The number of rotatable bonds is 10. The third-order valence-corrected chi connectivity index (χ3v) is 8.55. The van der Waals surface area contributed by atoms with Crippen molar-refractivity contribution in [1.29, 1.82) is 0 Å². The first-order valence-corrected chi connectivity index (χ1v) is 14.2. The predicted molar refractivity (Wildman–Crippen MR) is 158 cm³/mol. The van der Waals surface area contributed by atoms with Gasteiger partial charge in [-0.15, -0.1) is 5.10 Å². The van der Waals surface area contributed by atoms with Crippen LogP contribution in [0.2, 0.25) is 0 Å². The van der Waals surface area contributed by atoms with Gasteiger partial charge in [-0.3, -0.25) is 9.78 Å². The minimum Gasteiger partial charge on any atom is -0.368 e. The number of aromatic nitrogens is 3. The summed E-state index contributed by atoms with van der Waals surface area (Å²) in [7, 11) is 0. The van der Waals surface area contributed by atoms with E-state index < -0.39 is 34.8 Å². The van der Waals surface area contributed by atoms with Gasteiger partial charge in [-0.2, -0.15) is 0 Å². The van der Waals surface area contributed by atoms with Crippen molar-refractivity contribution in [2.75, 3.05) is 5.73 Å². The van der Waals surface area contributed by atoms with Crippen LogP contribution in [0.1, 0.15) is 29.3 Å². The average molecular weight is 581 g/mol. The van der Waals surface area contributed by atoms with E-state index in [2.05, 4.69) is 10.1 Å². The van der Waals surface area contributed by atoms with Crippen LogP contribution in [-0.4, -0.2) is 43.1 Å². The number of nitrogens with two attached hydrogens (primary N) is 1. The molecule has 1 aliphatic carbocycles. The topological polar surface area (TPSA) is 133 Å². The molecule has 1 unspecified atom stereocenters. The second-order valence-electron chi connectivity index (χ2n) is 11.1. The molecule has 3 aromatic carbocycles. The van der Waals surface area contributed by atoms with Crippen molar-refractivity contribution < 1.29 is 24.1 Å². The van der Waals surface area contributed by atoms with Gasteiger partial charge in [-0.05, 0) is 35.7 Å². The molecule has 5 atom stereocenters. The summed E-state index contributed by atoms with van der Waals surface area (Å²) in [5, 5.41) is 16.9. The summed E-state index contributed by atoms with van der Waals surface area (Å²) in [5.41, 5.74) is 5.91. The van der Waals surface area contributed by atoms with Crippen LogP contribution in [0.4, 0.5) is 5.95 Å². The van der Waals surface area contributed by atoms with Gasteiger partial charge in [0, 0.05) is 0 Å². The molecule has 0 amide bonds. The maximum atomic E-state index is 12.7. The molecule has 10 nitrogen and oxygen atoms in total. The van der Waals surface area contributed by atoms with E-state index in [4.69, 9.17) is 24.7 Å². The number of ether oxygens (including phenoxy) is 4. The molecule has 43 heavy (non-hydrogen) atoms. The Morgan fingerprint density at radius 1 is 0.860 bits per heavy atom. The maximum absolute atomic E-state index is 12.7. The molecule has 0 bridgehead atoms. The summed E-state index contributed by atoms with van der Waals surface area (Å²) in [4.78, 5) is 15.2. The van der Waals surface area contributed by atoms with Crippen LogP contribution >= 0.6 is 0 Å². The van der Waals surface area contributed by atoms with E-state index >= 15 is 0 Å². The highest BCUT2D eigenvalue weighted by Crippen LogP contribution is 2.67. The largest absolute Gasteiger partial charge is 0.368 e. The molecule has 1 saturated heterocycles. The lowest BCUT2D eigenvalue weighted by Crippen LogP contribution is -2.60. The number of benzene rings is 3. The molecular weight excluding hydrogens is 548 g/mol. The lowest BCUT2D eigenvalue weighted by molar-refractivity contribution is -0.325. The zero-order valence-electron chi connectivity index (χ0n) is 23.6. The second-order valence-corrected chi connectivity index (χ2v) is 11.1. The molecule has 2 aliphatic rings. The number of fused-ring (bicyclic) bond motifs is 2. The Labute approximate surface area is 247 Å². The Morgan fingerprint density at radius 3 is 2.02 bits per heavy atom. The number of aromatic amines is 1. The van der Waals surface area contributed by atoms with Crippen molar-refractivity contribution in [1.82, 2.24) is 14.6 Å². The third kappa shape index (κ3) is 4.38. The Morgan fingerprint density at radius 2 is 1.42 bits per heavy atom. The van der Waals surface area contributed by atoms with Gasteiger partial charge >= 0.3 is 0 Å². The van der Waals surface area contributed by atoms with Gasteiger partial charge in [0.25, 0.3) is 5.56 Å². The normalized spacial score (nSPS) is 27.8. The van der Waals surface area contributed by atoms with Gasteiger partial charge in [-0.25, -0.2) is 4.52 Å². The Balaban J connectivity index is 1.32. The van der Waals surface area contributed by atoms with Crippen LogP contribution in [0, 0.1) is 0 Å². The van der Waals surface area contributed by atoms with E-state index in [9.17, 15) is 9.90 Å². The van der Waals surface area contributed by atoms with Crippen LogP contribution in [0.15, 0.2) is 108 Å². The van der Waals surface area contributed by atoms with E-state index in [0.29, 0.717) is 6.61 Å². The maximum Gasteiger partial charge on any atom is 0.276 e. The molecule has 3 heterocycles. The van der Waals surface area contributed by atoms with Gasteiger partial charge in [0.1, 0.15) is 23.4 Å². The zero-order valence-corrected chi connectivity index (χ0v) is 23.6. The van der Waals surface area contributed by atoms with Crippen LogP contribution in [0.3, 0.4) is 0 Å². The summed E-state index contributed by atoms with van der Waals surface area (Å²) in [5.74, 6) is -2.21. The number of nitrogen functional groups attached to an aromatic ring is 1. The van der Waals surface area contributed by atoms with E-state index in [1.165, 1.54) is 4.52 Å². The Bertz CT molecular complexity index is 1800. The monoisotopic (exact) mass is 580 g/mol. The predicted octanol–water partition coefficient (Wildman–Crippen LogP) is 3.68. The Kier molecular flexibility index (Phi) is 6.68. The van der Waals surface area contributed by atoms with Gasteiger partial charge in [0.15, 0.2) is 11.2 Å². The number of nitrogens with zero attached hydrogens (tertiary/aromatic N) is 2. The van der Waals surface area contributed by atoms with E-state index in [0.717, 1.165) is 16.7 Å². The number of hydrogen-bond acceptors (Lipinski definition) is 8. The molecule has 0 spiro atoms. The molecule has 10 heteroatoms. The molecule has 0 radical (unpaired) electrons. The van der Waals surface area contributed by atoms with Crippen LogP contribution in [0.25, 0.3) is 5.52 Å². The first-order chi connectivity index (χ1) is 20.9. The minimum absolute atomic E-state index is 0.104. The third-order valence-electron chi connectivity index (χ3n) is 8.55. The van der Waals surface area contributed by atoms with Crippen molar-refractivity contribution in [3.8, 4) is 0 Å². The molecule has 1 saturated carbocycles. The highest BCUT2D eigenvalue weighted by atomic mass is 16.7. The van der Waals surface area contributed by atoms with Crippen molar-refractivity contribution >= 4 is 11.5 Å². The lowest BCUT2D eigenvalue weighted by Gasteiger charge is -2.44. The average Bonchev–Trinajstić information content (AvgIpc) is 3.30. The van der Waals surface area contributed by atoms with Crippen molar-refractivity contribution in [2.45, 2.75) is 55.9 Å². The molecule has 220 valence electrons. The first-order valence-electron chi connectivity index (χ1n) is 14.2. The van der Waals surface area contributed by atoms with Gasteiger partial charge in [0.2, 0.25) is 11.7 Å². The van der Waals surface area contributed by atoms with E-state index in [1.807, 2.05) is 91.0 Å². The van der Waals surface area contributed by atoms with E-state index in [1.54, 1.807) is 19.1 Å². The van der Waals surface area contributed by atoms with Crippen molar-refractivity contribution in [3.63, 3.8) is 0 Å². The highest BCUT2D eigenvalue weighted by molar-refractivity contribution is 5.50. The molecular formula is C33H32N4O6. The number of aliphatic hydroxyl groups is 1. The number of hydrogen-bond donors (Lipinski definition) is 3. The fraction of sp³-hybridized carbons (Fsp3) is 0.273. The fourth-order valence-electron chi connectivity index (χ4n) is 6.20. The quantitative estimate of drug-likeness (QED) is 0.228. The number of anilines is 1. The van der Waals surface area contributed by atoms with Gasteiger partial charge in [-0.1, -0.05) is 91.0 Å². The van der Waals surface area contributed by atoms with Crippen molar-refractivity contribution in [3.05, 3.63) is 136 Å². The second kappa shape index (κ2) is 10.4. The first kappa shape index (κ1) is 27.5. The molecule has 7 rings (SSSR count). The molecule has 1 aliphatic heterocycles. The minimum atomic E-state index is -2.10. The summed E-state index contributed by atoms with van der Waals surface area (Å²) >= 11 is 0. The Hall–Kier alpha value is -4.32. The lowest BCUT2D eigenvalue weighted by atomic mass is 9.85. The highest BCUT2D eigenvalue weighted by Gasteiger charge is 2.90. The standard InChI is InChI=1S/C33H32N4O6/c1-31(41-20-23-13-7-3-8-14-23)32(42-21-24-15-9-4-10-16-24)27(40-19-22-11-5-2-6-12-22)28(32)43-33(31,39)26-18-17-25-29(38)35-30(34)36-37(25)26/h2-18,27-28,39H,19-21H2,1H3,(H3,34,35,36,38)/t27?,28-,31-,32-,33+/m1/s1. The molecule has 2 fully saturated rings. The van der Waals surface area contributed by atoms with E-state index in [-0.39, 0.29) is 30.4 Å². The van der Waals surface area contributed by atoms with Gasteiger partial charge < -0.3 is 29.8 Å². The summed E-state index contributed by atoms with van der Waals surface area (Å²) in [6, 6.07) is 32.4.